The molecule has 0 fully saturated rings. The first-order valence-electron chi connectivity index (χ1n) is 9.83. The summed E-state index contributed by atoms with van der Waals surface area (Å²) in [6.07, 6.45) is 4.26. The summed E-state index contributed by atoms with van der Waals surface area (Å²) in [6, 6.07) is 15.3. The normalized spacial score (nSPS) is 13.4. The lowest BCUT2D eigenvalue weighted by Gasteiger charge is -2.20. The maximum absolute atomic E-state index is 13.2. The number of aromatic nitrogens is 1. The minimum Gasteiger partial charge on any atom is -0.397 e. The van der Waals surface area contributed by atoms with Gasteiger partial charge in [-0.15, -0.1) is 11.3 Å². The molecule has 0 radical (unpaired) electrons. The number of nitrogens with two attached hydrogens (primary N) is 1. The third kappa shape index (κ3) is 3.33. The van der Waals surface area contributed by atoms with E-state index in [4.69, 9.17) is 22.3 Å². The molecule has 3 nitrogen and oxygen atoms in total. The number of hydrogen-bond acceptors (Lipinski definition) is 4. The molecule has 2 aromatic carbocycles. The number of thiophene rings is 1. The van der Waals surface area contributed by atoms with Crippen molar-refractivity contribution in [1.82, 2.24) is 4.98 Å². The van der Waals surface area contributed by atoms with Gasteiger partial charge >= 0.3 is 0 Å². The van der Waals surface area contributed by atoms with Crippen LogP contribution in [0.25, 0.3) is 21.3 Å². The Morgan fingerprint density at radius 1 is 1.07 bits per heavy atom. The molecule has 6 heteroatoms. The molecule has 30 heavy (non-hydrogen) atoms. The molecule has 1 aliphatic carbocycles. The topological polar surface area (TPSA) is 56.0 Å². The highest BCUT2D eigenvalue weighted by Crippen LogP contribution is 2.45. The van der Waals surface area contributed by atoms with Crippen molar-refractivity contribution in [2.24, 2.45) is 0 Å². The third-order valence-electron chi connectivity index (χ3n) is 5.61. The Balaban J connectivity index is 1.79. The number of nitrogen functional groups attached to an aromatic ring is 1. The zero-order chi connectivity index (χ0) is 20.8. The van der Waals surface area contributed by atoms with E-state index in [0.717, 1.165) is 47.2 Å². The molecule has 0 saturated carbocycles. The van der Waals surface area contributed by atoms with Crippen molar-refractivity contribution in [3.05, 3.63) is 78.8 Å². The summed E-state index contributed by atoms with van der Waals surface area (Å²) in [6.45, 7) is 0. The molecule has 2 N–H and O–H groups in total. The summed E-state index contributed by atoms with van der Waals surface area (Å²) in [5.41, 5.74) is 12.5. The zero-order valence-electron chi connectivity index (χ0n) is 16.0. The van der Waals surface area contributed by atoms with Crippen LogP contribution in [0.1, 0.15) is 39.3 Å². The Morgan fingerprint density at radius 3 is 2.57 bits per heavy atom. The summed E-state index contributed by atoms with van der Waals surface area (Å²) in [4.78, 5) is 19.6. The zero-order valence-corrected chi connectivity index (χ0v) is 19.8. The molecule has 2 aromatic heterocycles. The maximum atomic E-state index is 13.2. The molecule has 0 amide bonds. The van der Waals surface area contributed by atoms with E-state index in [0.29, 0.717) is 21.2 Å². The van der Waals surface area contributed by atoms with Crippen LogP contribution >= 0.6 is 45.5 Å². The Morgan fingerprint density at radius 2 is 1.80 bits per heavy atom. The maximum Gasteiger partial charge on any atom is 0.205 e. The number of rotatable bonds is 3. The number of carbonyl (C=O) groups is 1. The van der Waals surface area contributed by atoms with E-state index in [1.165, 1.54) is 26.0 Å². The first-order valence-corrected chi connectivity index (χ1v) is 12.1. The monoisotopic (exact) mass is 544 g/mol. The molecule has 5 rings (SSSR count). The van der Waals surface area contributed by atoms with Gasteiger partial charge in [0.05, 0.1) is 5.69 Å². The lowest BCUT2D eigenvalue weighted by atomic mass is 9.87. The van der Waals surface area contributed by atoms with Crippen LogP contribution in [0.15, 0.2) is 48.5 Å². The Labute approximate surface area is 197 Å². The van der Waals surface area contributed by atoms with Gasteiger partial charge < -0.3 is 5.73 Å². The van der Waals surface area contributed by atoms with Crippen LogP contribution in [0.4, 0.5) is 5.69 Å². The van der Waals surface area contributed by atoms with E-state index < -0.39 is 0 Å². The fraction of sp³-hybridized carbons (Fsp3) is 0.167. The molecular formula is C24H18ClIN2OS. The van der Waals surface area contributed by atoms with Gasteiger partial charge in [0.25, 0.3) is 0 Å². The highest BCUT2D eigenvalue weighted by atomic mass is 127. The van der Waals surface area contributed by atoms with Gasteiger partial charge in [-0.3, -0.25) is 4.79 Å². The summed E-state index contributed by atoms with van der Waals surface area (Å²) >= 11 is 9.77. The highest BCUT2D eigenvalue weighted by molar-refractivity contribution is 14.1. The smallest absolute Gasteiger partial charge is 0.205 e. The third-order valence-corrected chi connectivity index (χ3v) is 7.90. The van der Waals surface area contributed by atoms with Gasteiger partial charge in [0.15, 0.2) is 0 Å². The fourth-order valence-electron chi connectivity index (χ4n) is 4.17. The van der Waals surface area contributed by atoms with Crippen molar-refractivity contribution >= 4 is 67.2 Å². The summed E-state index contributed by atoms with van der Waals surface area (Å²) in [7, 11) is 0. The molecular weight excluding hydrogens is 527 g/mol. The lowest BCUT2D eigenvalue weighted by Crippen LogP contribution is -2.08. The SMILES string of the molecule is Nc1c(C(=O)c2ccc(Cl)cc2)sc2nc3c(c(-c4ccccc4I)c12)CCCC3. The number of aryl methyl sites for hydroxylation is 1. The molecule has 150 valence electrons. The quantitative estimate of drug-likeness (QED) is 0.225. The molecule has 4 aromatic rings. The van der Waals surface area contributed by atoms with Crippen molar-refractivity contribution in [1.29, 1.82) is 0 Å². The standard InChI is InChI=1S/C24H18ClIN2OS/c25-14-11-9-13(10-12-14)22(29)23-21(27)20-19(15-5-1-3-7-17(15)26)16-6-2-4-8-18(16)28-24(20)30-23/h1,3,5,7,9-12H,2,4,6,8,27H2. The number of anilines is 1. The molecule has 0 saturated heterocycles. The van der Waals surface area contributed by atoms with E-state index >= 15 is 0 Å². The average Bonchev–Trinajstić information content (AvgIpc) is 3.09. The van der Waals surface area contributed by atoms with Gasteiger partial charge in [0.1, 0.15) is 9.71 Å². The number of halogens is 2. The van der Waals surface area contributed by atoms with Crippen LogP contribution < -0.4 is 5.73 Å². The molecule has 0 bridgehead atoms. The molecule has 0 atom stereocenters. The lowest BCUT2D eigenvalue weighted by molar-refractivity contribution is 0.104. The van der Waals surface area contributed by atoms with E-state index in [9.17, 15) is 4.79 Å². The van der Waals surface area contributed by atoms with Gasteiger partial charge in [-0.1, -0.05) is 29.8 Å². The van der Waals surface area contributed by atoms with E-state index in [1.807, 2.05) is 6.07 Å². The predicted molar refractivity (Wildman–Crippen MR) is 134 cm³/mol. The van der Waals surface area contributed by atoms with Crippen LogP contribution in [0, 0.1) is 3.57 Å². The van der Waals surface area contributed by atoms with E-state index in [-0.39, 0.29) is 5.78 Å². The van der Waals surface area contributed by atoms with Gasteiger partial charge in [-0.25, -0.2) is 4.98 Å². The molecule has 2 heterocycles. The number of carbonyl (C=O) groups excluding carboxylic acids is 1. The number of pyridine rings is 1. The van der Waals surface area contributed by atoms with Crippen molar-refractivity contribution in [3.63, 3.8) is 0 Å². The first-order chi connectivity index (χ1) is 14.5. The second kappa shape index (κ2) is 7.94. The van der Waals surface area contributed by atoms with Gasteiger partial charge in [0.2, 0.25) is 5.78 Å². The summed E-state index contributed by atoms with van der Waals surface area (Å²) in [5.74, 6) is -0.0844. The minimum absolute atomic E-state index is 0.0844. The average molecular weight is 545 g/mol. The Hall–Kier alpha value is -1.96. The molecule has 0 spiro atoms. The van der Waals surface area contributed by atoms with Crippen LogP contribution in [-0.4, -0.2) is 10.8 Å². The number of benzene rings is 2. The van der Waals surface area contributed by atoms with Crippen molar-refractivity contribution in [3.8, 4) is 11.1 Å². The fourth-order valence-corrected chi connectivity index (χ4v) is 6.04. The van der Waals surface area contributed by atoms with Crippen LogP contribution in [-0.2, 0) is 12.8 Å². The van der Waals surface area contributed by atoms with E-state index in [1.54, 1.807) is 24.3 Å². The largest absolute Gasteiger partial charge is 0.397 e. The van der Waals surface area contributed by atoms with E-state index in [2.05, 4.69) is 40.8 Å². The van der Waals surface area contributed by atoms with Gasteiger partial charge in [-0.2, -0.15) is 0 Å². The first kappa shape index (κ1) is 20.0. The second-order valence-electron chi connectivity index (χ2n) is 7.46. The van der Waals surface area contributed by atoms with Crippen LogP contribution in [0.2, 0.25) is 5.02 Å². The second-order valence-corrected chi connectivity index (χ2v) is 10.1. The predicted octanol–water partition coefficient (Wildman–Crippen LogP) is 6.91. The number of ketones is 1. The number of fused-ring (bicyclic) bond motifs is 2. The molecule has 0 unspecified atom stereocenters. The minimum atomic E-state index is -0.0844. The number of nitrogens with zero attached hydrogens (tertiary/aromatic N) is 1. The van der Waals surface area contributed by atoms with Gasteiger partial charge in [0, 0.05) is 30.8 Å². The number of hydrogen-bond donors (Lipinski definition) is 1. The Kier molecular flexibility index (Phi) is 5.29. The summed E-state index contributed by atoms with van der Waals surface area (Å²) in [5, 5.41) is 1.52. The Bertz CT molecular complexity index is 1300. The van der Waals surface area contributed by atoms with Crippen molar-refractivity contribution in [2.75, 3.05) is 5.73 Å². The van der Waals surface area contributed by atoms with Crippen molar-refractivity contribution < 1.29 is 4.79 Å². The molecule has 1 aliphatic rings. The summed E-state index contributed by atoms with van der Waals surface area (Å²) < 4.78 is 1.17. The van der Waals surface area contributed by atoms with Gasteiger partial charge in [-0.05, 0) is 89.7 Å². The van der Waals surface area contributed by atoms with Crippen molar-refractivity contribution in [2.45, 2.75) is 25.7 Å². The van der Waals surface area contributed by atoms with Crippen LogP contribution in [0.3, 0.4) is 0 Å². The van der Waals surface area contributed by atoms with Crippen LogP contribution in [0.5, 0.6) is 0 Å². The molecule has 0 aliphatic heterocycles. The highest BCUT2D eigenvalue weighted by Gasteiger charge is 2.26.